The number of fused-ring (bicyclic) bond motifs is 1. The van der Waals surface area contributed by atoms with Crippen LogP contribution in [0.2, 0.25) is 0 Å². The third-order valence-corrected chi connectivity index (χ3v) is 5.67. The van der Waals surface area contributed by atoms with Crippen LogP contribution in [0.25, 0.3) is 0 Å². The molecule has 7 nitrogen and oxygen atoms in total. The first-order valence-corrected chi connectivity index (χ1v) is 10.3. The molecule has 7 heteroatoms. The van der Waals surface area contributed by atoms with Crippen molar-refractivity contribution in [3.8, 4) is 34.5 Å². The van der Waals surface area contributed by atoms with Crippen molar-refractivity contribution in [2.45, 2.75) is 46.1 Å². The Balaban J connectivity index is 1.98. The molecule has 2 aromatic rings. The second-order valence-electron chi connectivity index (χ2n) is 8.49. The number of ether oxygens (including phenoxy) is 1. The van der Waals surface area contributed by atoms with Crippen molar-refractivity contribution in [2.24, 2.45) is 5.92 Å². The van der Waals surface area contributed by atoms with Crippen LogP contribution in [0.5, 0.6) is 34.5 Å². The third kappa shape index (κ3) is 4.51. The van der Waals surface area contributed by atoms with Gasteiger partial charge >= 0.3 is 0 Å². The largest absolute Gasteiger partial charge is 0.508 e. The van der Waals surface area contributed by atoms with E-state index in [-0.39, 0.29) is 52.0 Å². The van der Waals surface area contributed by atoms with E-state index in [1.807, 2.05) is 20.8 Å². The van der Waals surface area contributed by atoms with Gasteiger partial charge < -0.3 is 30.3 Å². The van der Waals surface area contributed by atoms with Gasteiger partial charge in [-0.2, -0.15) is 0 Å². The average Bonchev–Trinajstić information content (AvgIpc) is 2.65. The molecule has 32 heavy (non-hydrogen) atoms. The first kappa shape index (κ1) is 23.1. The Kier molecular flexibility index (Phi) is 6.39. The van der Waals surface area contributed by atoms with Crippen LogP contribution < -0.4 is 4.74 Å². The molecule has 5 N–H and O–H groups in total. The molecule has 1 aliphatic heterocycles. The summed E-state index contributed by atoms with van der Waals surface area (Å²) in [6, 6.07) is 3.32. The Morgan fingerprint density at radius 2 is 1.72 bits per heavy atom. The Labute approximate surface area is 186 Å². The number of hydrogen-bond donors (Lipinski definition) is 5. The fourth-order valence-corrected chi connectivity index (χ4v) is 3.88. The molecule has 0 bridgehead atoms. The van der Waals surface area contributed by atoms with Crippen molar-refractivity contribution < 1.29 is 35.1 Å². The van der Waals surface area contributed by atoms with Crippen molar-refractivity contribution in [1.29, 1.82) is 0 Å². The van der Waals surface area contributed by atoms with E-state index in [0.717, 1.165) is 23.3 Å². The molecule has 0 radical (unpaired) electrons. The van der Waals surface area contributed by atoms with Gasteiger partial charge in [-0.05, 0) is 39.5 Å². The number of ketones is 1. The summed E-state index contributed by atoms with van der Waals surface area (Å²) in [6.07, 6.45) is 1.72. The average molecular weight is 440 g/mol. The van der Waals surface area contributed by atoms with Crippen molar-refractivity contribution in [3.63, 3.8) is 0 Å². The van der Waals surface area contributed by atoms with E-state index >= 15 is 0 Å². The lowest BCUT2D eigenvalue weighted by Gasteiger charge is -2.28. The molecule has 0 aliphatic carbocycles. The molecule has 0 fully saturated rings. The first-order valence-electron chi connectivity index (χ1n) is 10.3. The highest BCUT2D eigenvalue weighted by Crippen LogP contribution is 2.48. The van der Waals surface area contributed by atoms with Crippen LogP contribution in [-0.2, 0) is 6.42 Å². The molecule has 2 aromatic carbocycles. The minimum absolute atomic E-state index is 0.0435. The van der Waals surface area contributed by atoms with Crippen LogP contribution in [0.1, 0.15) is 61.2 Å². The topological polar surface area (TPSA) is 127 Å². The summed E-state index contributed by atoms with van der Waals surface area (Å²) in [5, 5.41) is 51.2. The lowest BCUT2D eigenvalue weighted by atomic mass is 9.86. The molecule has 0 saturated carbocycles. The molecule has 1 heterocycles. The Bertz CT molecular complexity index is 1090. The third-order valence-electron chi connectivity index (χ3n) is 5.67. The summed E-state index contributed by atoms with van der Waals surface area (Å²) < 4.78 is 5.77. The van der Waals surface area contributed by atoms with Crippen LogP contribution in [0.4, 0.5) is 0 Å². The maximum Gasteiger partial charge on any atom is 0.174 e. The van der Waals surface area contributed by atoms with E-state index in [1.165, 1.54) is 6.07 Å². The van der Waals surface area contributed by atoms with Crippen LogP contribution >= 0.6 is 0 Å². The standard InChI is InChI=1S/C25H28O7/c1-12(2)5-6-14(13(3)4)7-16-17(27)10-22-24(25(16)31)20(30)11-21(32-22)23-18(28)8-15(26)9-19(23)29/h5,8-10,14,21,26-29,31H,3,6-7,11H2,1-2,4H3/t14-,21-/m0/s1. The first-order chi connectivity index (χ1) is 15.0. The molecule has 0 amide bonds. The highest BCUT2D eigenvalue weighted by molar-refractivity contribution is 6.03. The zero-order valence-electron chi connectivity index (χ0n) is 18.3. The van der Waals surface area contributed by atoms with Gasteiger partial charge in [0, 0.05) is 23.8 Å². The number of phenols is 5. The molecule has 1 aliphatic rings. The highest BCUT2D eigenvalue weighted by Gasteiger charge is 2.35. The second kappa shape index (κ2) is 8.86. The number of carbonyl (C=O) groups is 1. The normalized spacial score (nSPS) is 16.1. The number of allylic oxidation sites excluding steroid dienone is 3. The Morgan fingerprint density at radius 1 is 1.09 bits per heavy atom. The van der Waals surface area contributed by atoms with Crippen molar-refractivity contribution in [2.75, 3.05) is 0 Å². The number of rotatable bonds is 6. The van der Waals surface area contributed by atoms with Crippen LogP contribution in [0.15, 0.2) is 42.0 Å². The zero-order chi connectivity index (χ0) is 23.7. The van der Waals surface area contributed by atoms with Gasteiger partial charge in [-0.1, -0.05) is 23.8 Å². The van der Waals surface area contributed by atoms with Crippen molar-refractivity contribution >= 4 is 5.78 Å². The maximum atomic E-state index is 12.9. The molecule has 3 rings (SSSR count). The molecule has 170 valence electrons. The van der Waals surface area contributed by atoms with Gasteiger partial charge in [-0.15, -0.1) is 0 Å². The van der Waals surface area contributed by atoms with E-state index in [0.29, 0.717) is 12.8 Å². The van der Waals surface area contributed by atoms with Crippen molar-refractivity contribution in [3.05, 3.63) is 58.7 Å². The van der Waals surface area contributed by atoms with E-state index < -0.39 is 23.4 Å². The fraction of sp³-hybridized carbons (Fsp3) is 0.320. The van der Waals surface area contributed by atoms with Gasteiger partial charge in [0.2, 0.25) is 0 Å². The lowest BCUT2D eigenvalue weighted by molar-refractivity contribution is 0.0838. The smallest absolute Gasteiger partial charge is 0.174 e. The molecule has 0 unspecified atom stereocenters. The van der Waals surface area contributed by atoms with Crippen LogP contribution in [-0.4, -0.2) is 31.3 Å². The SMILES string of the molecule is C=C(C)[C@@H](CC=C(C)C)Cc1c(O)cc2c(c1O)C(=O)C[C@@H](c1c(O)cc(O)cc1O)O2. The van der Waals surface area contributed by atoms with E-state index in [1.54, 1.807) is 0 Å². The number of phenolic OH excluding ortho intramolecular Hbond substituents is 5. The molecule has 0 spiro atoms. The Hall–Kier alpha value is -3.61. The highest BCUT2D eigenvalue weighted by atomic mass is 16.5. The number of Topliss-reactive ketones (excluding diaryl/α,β-unsaturated/α-hetero) is 1. The molecule has 0 saturated heterocycles. The summed E-state index contributed by atoms with van der Waals surface area (Å²) in [4.78, 5) is 12.9. The van der Waals surface area contributed by atoms with Gasteiger partial charge in [-0.3, -0.25) is 4.79 Å². The maximum absolute atomic E-state index is 12.9. The monoisotopic (exact) mass is 440 g/mol. The predicted molar refractivity (Wildman–Crippen MR) is 120 cm³/mol. The van der Waals surface area contributed by atoms with E-state index in [2.05, 4.69) is 12.7 Å². The number of aromatic hydroxyl groups is 5. The number of benzene rings is 2. The minimum atomic E-state index is -1.05. The van der Waals surface area contributed by atoms with Gasteiger partial charge in [0.1, 0.15) is 46.2 Å². The molecular weight excluding hydrogens is 412 g/mol. The Morgan fingerprint density at radius 3 is 2.28 bits per heavy atom. The van der Waals surface area contributed by atoms with Gasteiger partial charge in [0.25, 0.3) is 0 Å². The quantitative estimate of drug-likeness (QED) is 0.399. The van der Waals surface area contributed by atoms with Gasteiger partial charge in [-0.25, -0.2) is 0 Å². The van der Waals surface area contributed by atoms with Gasteiger partial charge in [0.05, 0.1) is 12.0 Å². The lowest BCUT2D eigenvalue weighted by Crippen LogP contribution is -2.21. The minimum Gasteiger partial charge on any atom is -0.508 e. The summed E-state index contributed by atoms with van der Waals surface area (Å²) in [7, 11) is 0. The fourth-order valence-electron chi connectivity index (χ4n) is 3.88. The van der Waals surface area contributed by atoms with Crippen LogP contribution in [0.3, 0.4) is 0 Å². The molecule has 0 aromatic heterocycles. The second-order valence-corrected chi connectivity index (χ2v) is 8.49. The molecular formula is C25H28O7. The molecule has 2 atom stereocenters. The van der Waals surface area contributed by atoms with Crippen LogP contribution in [0, 0.1) is 5.92 Å². The van der Waals surface area contributed by atoms with E-state index in [4.69, 9.17) is 4.74 Å². The summed E-state index contributed by atoms with van der Waals surface area (Å²) in [5.74, 6) is -2.33. The van der Waals surface area contributed by atoms with E-state index in [9.17, 15) is 30.3 Å². The summed E-state index contributed by atoms with van der Waals surface area (Å²) in [5.41, 5.74) is 2.17. The number of hydrogen-bond acceptors (Lipinski definition) is 7. The zero-order valence-corrected chi connectivity index (χ0v) is 18.3. The van der Waals surface area contributed by atoms with Crippen molar-refractivity contribution in [1.82, 2.24) is 0 Å². The number of carbonyl (C=O) groups excluding carboxylic acids is 1. The summed E-state index contributed by atoms with van der Waals surface area (Å²) >= 11 is 0. The predicted octanol–water partition coefficient (Wildman–Crippen LogP) is 5.01. The summed E-state index contributed by atoms with van der Waals surface area (Å²) in [6.45, 7) is 9.86. The van der Waals surface area contributed by atoms with Gasteiger partial charge in [0.15, 0.2) is 5.78 Å².